The van der Waals surface area contributed by atoms with Crippen LogP contribution in [-0.2, 0) is 6.54 Å². The van der Waals surface area contributed by atoms with Gasteiger partial charge in [0.2, 0.25) is 5.88 Å². The number of piperidine rings is 1. The van der Waals surface area contributed by atoms with Crippen LogP contribution in [0.15, 0.2) is 18.2 Å². The molecular weight excluding hydrogens is 214 g/mol. The number of hydrogen-bond acceptors (Lipinski definition) is 4. The van der Waals surface area contributed by atoms with E-state index in [9.17, 15) is 0 Å². The number of rotatable bonds is 3. The molecular formula is C13H17N3O. The van der Waals surface area contributed by atoms with Crippen LogP contribution in [0.25, 0.3) is 0 Å². The van der Waals surface area contributed by atoms with Gasteiger partial charge in [0.1, 0.15) is 0 Å². The van der Waals surface area contributed by atoms with Gasteiger partial charge < -0.3 is 4.74 Å². The lowest BCUT2D eigenvalue weighted by Crippen LogP contribution is -2.33. The second-order valence-electron chi connectivity index (χ2n) is 4.35. The fraction of sp³-hybridized carbons (Fsp3) is 0.538. The van der Waals surface area contributed by atoms with E-state index >= 15 is 0 Å². The first kappa shape index (κ1) is 11.9. The molecule has 0 unspecified atom stereocenters. The average molecular weight is 231 g/mol. The van der Waals surface area contributed by atoms with Crippen molar-refractivity contribution >= 4 is 0 Å². The number of aromatic nitrogens is 1. The number of nitriles is 1. The summed E-state index contributed by atoms with van der Waals surface area (Å²) in [5.41, 5.74) is 1.03. The second kappa shape index (κ2) is 5.65. The third kappa shape index (κ3) is 3.18. The summed E-state index contributed by atoms with van der Waals surface area (Å²) in [6, 6.07) is 8.17. The van der Waals surface area contributed by atoms with E-state index in [1.165, 1.54) is 0 Å². The van der Waals surface area contributed by atoms with E-state index in [0.29, 0.717) is 5.88 Å². The zero-order chi connectivity index (χ0) is 12.1. The van der Waals surface area contributed by atoms with Crippen LogP contribution in [0.1, 0.15) is 18.5 Å². The molecule has 2 rings (SSSR count). The third-order valence-corrected chi connectivity index (χ3v) is 3.15. The highest BCUT2D eigenvalue weighted by Gasteiger charge is 2.18. The molecule has 0 saturated carbocycles. The topological polar surface area (TPSA) is 49.1 Å². The Kier molecular flexibility index (Phi) is 3.94. The van der Waals surface area contributed by atoms with Crippen LogP contribution in [0.3, 0.4) is 0 Å². The molecule has 1 fully saturated rings. The molecule has 0 aromatic carbocycles. The Bertz CT molecular complexity index is 405. The molecule has 17 heavy (non-hydrogen) atoms. The molecule has 1 aliphatic rings. The largest absolute Gasteiger partial charge is 0.481 e. The Balaban J connectivity index is 1.91. The Hall–Kier alpha value is -1.60. The van der Waals surface area contributed by atoms with Gasteiger partial charge in [-0.15, -0.1) is 0 Å². The quantitative estimate of drug-likeness (QED) is 0.796. The second-order valence-corrected chi connectivity index (χ2v) is 4.35. The molecule has 0 atom stereocenters. The van der Waals surface area contributed by atoms with Crippen LogP contribution < -0.4 is 4.74 Å². The van der Waals surface area contributed by atoms with Gasteiger partial charge in [-0.25, -0.2) is 4.98 Å². The van der Waals surface area contributed by atoms with Crippen molar-refractivity contribution in [3.8, 4) is 11.9 Å². The molecule has 2 heterocycles. The molecule has 90 valence electrons. The summed E-state index contributed by atoms with van der Waals surface area (Å²) >= 11 is 0. The van der Waals surface area contributed by atoms with Gasteiger partial charge >= 0.3 is 0 Å². The van der Waals surface area contributed by atoms with Crippen molar-refractivity contribution in [1.82, 2.24) is 9.88 Å². The predicted molar refractivity (Wildman–Crippen MR) is 64.4 cm³/mol. The zero-order valence-corrected chi connectivity index (χ0v) is 10.1. The maximum atomic E-state index is 8.84. The van der Waals surface area contributed by atoms with Crippen LogP contribution in [0, 0.1) is 17.2 Å². The number of ether oxygens (including phenoxy) is 1. The monoisotopic (exact) mass is 231 g/mol. The Labute approximate surface area is 102 Å². The summed E-state index contributed by atoms with van der Waals surface area (Å²) < 4.78 is 5.11. The minimum Gasteiger partial charge on any atom is -0.481 e. The number of pyridine rings is 1. The first-order chi connectivity index (χ1) is 8.31. The van der Waals surface area contributed by atoms with E-state index in [1.54, 1.807) is 7.11 Å². The first-order valence-electron chi connectivity index (χ1n) is 5.93. The summed E-state index contributed by atoms with van der Waals surface area (Å²) in [6.45, 7) is 2.81. The molecule has 0 radical (unpaired) electrons. The van der Waals surface area contributed by atoms with Crippen molar-refractivity contribution in [2.75, 3.05) is 20.2 Å². The molecule has 4 heteroatoms. The smallest absolute Gasteiger partial charge is 0.213 e. The standard InChI is InChI=1S/C13H17N3O/c1-17-13-4-2-3-12(15-13)10-16-7-5-11(9-14)6-8-16/h2-4,11H,5-8,10H2,1H3. The van der Waals surface area contributed by atoms with Crippen LogP contribution in [-0.4, -0.2) is 30.1 Å². The van der Waals surface area contributed by atoms with Gasteiger partial charge in [0.25, 0.3) is 0 Å². The van der Waals surface area contributed by atoms with E-state index in [-0.39, 0.29) is 5.92 Å². The van der Waals surface area contributed by atoms with Gasteiger partial charge in [-0.2, -0.15) is 5.26 Å². The maximum Gasteiger partial charge on any atom is 0.213 e. The third-order valence-electron chi connectivity index (χ3n) is 3.15. The van der Waals surface area contributed by atoms with Gasteiger partial charge in [-0.05, 0) is 32.0 Å². The number of hydrogen-bond donors (Lipinski definition) is 0. The molecule has 1 aromatic heterocycles. The lowest BCUT2D eigenvalue weighted by molar-refractivity contribution is 0.195. The SMILES string of the molecule is COc1cccc(CN2CCC(C#N)CC2)n1. The molecule has 0 N–H and O–H groups in total. The summed E-state index contributed by atoms with van der Waals surface area (Å²) in [6.07, 6.45) is 1.95. The van der Waals surface area contributed by atoms with E-state index < -0.39 is 0 Å². The predicted octanol–water partition coefficient (Wildman–Crippen LogP) is 1.83. The number of nitrogens with zero attached hydrogens (tertiary/aromatic N) is 3. The van der Waals surface area contributed by atoms with Crippen LogP contribution >= 0.6 is 0 Å². The molecule has 0 amide bonds. The zero-order valence-electron chi connectivity index (χ0n) is 10.1. The molecule has 1 aliphatic heterocycles. The maximum absolute atomic E-state index is 8.84. The van der Waals surface area contributed by atoms with Crippen LogP contribution in [0.2, 0.25) is 0 Å². The fourth-order valence-electron chi connectivity index (χ4n) is 2.11. The summed E-state index contributed by atoms with van der Waals surface area (Å²) in [7, 11) is 1.63. The molecule has 0 spiro atoms. The lowest BCUT2D eigenvalue weighted by Gasteiger charge is -2.28. The van der Waals surface area contributed by atoms with Crippen molar-refractivity contribution in [2.45, 2.75) is 19.4 Å². The Morgan fingerprint density at radius 3 is 2.88 bits per heavy atom. The van der Waals surface area contributed by atoms with Crippen molar-refractivity contribution in [2.24, 2.45) is 5.92 Å². The highest BCUT2D eigenvalue weighted by atomic mass is 16.5. The van der Waals surface area contributed by atoms with Crippen molar-refractivity contribution in [3.05, 3.63) is 23.9 Å². The van der Waals surface area contributed by atoms with Crippen molar-refractivity contribution in [3.63, 3.8) is 0 Å². The summed E-state index contributed by atoms with van der Waals surface area (Å²) in [5, 5.41) is 8.84. The molecule has 4 nitrogen and oxygen atoms in total. The van der Waals surface area contributed by atoms with E-state index in [2.05, 4.69) is 16.0 Å². The lowest BCUT2D eigenvalue weighted by atomic mass is 9.98. The molecule has 0 bridgehead atoms. The highest BCUT2D eigenvalue weighted by Crippen LogP contribution is 2.18. The van der Waals surface area contributed by atoms with E-state index in [1.807, 2.05) is 18.2 Å². The van der Waals surface area contributed by atoms with Gasteiger partial charge in [0.05, 0.1) is 18.9 Å². The molecule has 1 aromatic rings. The van der Waals surface area contributed by atoms with Crippen molar-refractivity contribution in [1.29, 1.82) is 5.26 Å². The Morgan fingerprint density at radius 1 is 1.47 bits per heavy atom. The first-order valence-corrected chi connectivity index (χ1v) is 5.93. The number of methoxy groups -OCH3 is 1. The average Bonchev–Trinajstić information content (AvgIpc) is 2.40. The van der Waals surface area contributed by atoms with Crippen LogP contribution in [0.4, 0.5) is 0 Å². The molecule has 0 aliphatic carbocycles. The van der Waals surface area contributed by atoms with Gasteiger partial charge in [-0.3, -0.25) is 4.90 Å². The Morgan fingerprint density at radius 2 is 2.24 bits per heavy atom. The fourth-order valence-corrected chi connectivity index (χ4v) is 2.11. The minimum absolute atomic E-state index is 0.240. The molecule has 1 saturated heterocycles. The van der Waals surface area contributed by atoms with Crippen LogP contribution in [0.5, 0.6) is 5.88 Å². The highest BCUT2D eigenvalue weighted by molar-refractivity contribution is 5.15. The van der Waals surface area contributed by atoms with Gasteiger partial charge in [-0.1, -0.05) is 6.07 Å². The van der Waals surface area contributed by atoms with Gasteiger partial charge in [0.15, 0.2) is 0 Å². The van der Waals surface area contributed by atoms with E-state index in [4.69, 9.17) is 10.00 Å². The van der Waals surface area contributed by atoms with E-state index in [0.717, 1.165) is 38.2 Å². The minimum atomic E-state index is 0.240. The normalized spacial score (nSPS) is 17.6. The van der Waals surface area contributed by atoms with Crippen molar-refractivity contribution < 1.29 is 4.74 Å². The number of likely N-dealkylation sites (tertiary alicyclic amines) is 1. The summed E-state index contributed by atoms with van der Waals surface area (Å²) in [5.74, 6) is 0.902. The summed E-state index contributed by atoms with van der Waals surface area (Å²) in [4.78, 5) is 6.74. The van der Waals surface area contributed by atoms with Gasteiger partial charge in [0, 0.05) is 18.5 Å².